The third kappa shape index (κ3) is 2.71. The number of likely N-dealkylation sites (N-methyl/N-ethyl adjacent to an activating group) is 1. The number of nitrogens with one attached hydrogen (secondary N) is 2. The van der Waals surface area contributed by atoms with E-state index in [9.17, 15) is 4.79 Å². The number of hydrogen-bond acceptors (Lipinski definition) is 3. The summed E-state index contributed by atoms with van der Waals surface area (Å²) in [4.78, 5) is 14.1. The molecule has 98 valence electrons. The van der Waals surface area contributed by atoms with Crippen molar-refractivity contribution in [2.45, 2.75) is 38.4 Å². The maximum absolute atomic E-state index is 12.3. The fourth-order valence-corrected chi connectivity index (χ4v) is 2.27. The molecule has 1 amide bonds. The summed E-state index contributed by atoms with van der Waals surface area (Å²) in [6.45, 7) is 4.12. The van der Waals surface area contributed by atoms with Crippen LogP contribution in [0.2, 0.25) is 0 Å². The van der Waals surface area contributed by atoms with Crippen molar-refractivity contribution in [3.8, 4) is 0 Å². The Bertz CT molecular complexity index is 407. The molecule has 0 saturated carbocycles. The number of hydrogen-bond donors (Lipinski definition) is 2. The zero-order valence-corrected chi connectivity index (χ0v) is 11.2. The highest BCUT2D eigenvalue weighted by atomic mass is 16.2. The van der Waals surface area contributed by atoms with Crippen molar-refractivity contribution in [2.75, 3.05) is 7.05 Å². The highest BCUT2D eigenvalue weighted by Gasteiger charge is 2.30. The Morgan fingerprint density at radius 3 is 2.56 bits per heavy atom. The van der Waals surface area contributed by atoms with Gasteiger partial charge in [-0.2, -0.15) is 0 Å². The minimum absolute atomic E-state index is 0.0939. The molecule has 2 rings (SSSR count). The first-order valence-corrected chi connectivity index (χ1v) is 6.42. The van der Waals surface area contributed by atoms with Gasteiger partial charge in [0.1, 0.15) is 6.04 Å². The summed E-state index contributed by atoms with van der Waals surface area (Å²) in [6.07, 6.45) is 0.838. The molecule has 2 N–H and O–H groups in total. The third-order valence-electron chi connectivity index (χ3n) is 3.60. The predicted molar refractivity (Wildman–Crippen MR) is 71.8 cm³/mol. The third-order valence-corrected chi connectivity index (χ3v) is 3.60. The van der Waals surface area contributed by atoms with Crippen molar-refractivity contribution >= 4 is 5.91 Å². The van der Waals surface area contributed by atoms with Gasteiger partial charge in [0.2, 0.25) is 5.91 Å². The van der Waals surface area contributed by atoms with Gasteiger partial charge in [-0.15, -0.1) is 0 Å². The lowest BCUT2D eigenvalue weighted by Crippen LogP contribution is -2.44. The Kier molecular flexibility index (Phi) is 3.99. The number of amides is 1. The van der Waals surface area contributed by atoms with E-state index in [1.54, 1.807) is 0 Å². The highest BCUT2D eigenvalue weighted by Crippen LogP contribution is 2.20. The van der Waals surface area contributed by atoms with Crippen LogP contribution < -0.4 is 10.9 Å². The Balaban J connectivity index is 2.02. The molecule has 0 aromatic heterocycles. The molecule has 4 nitrogen and oxygen atoms in total. The smallest absolute Gasteiger partial charge is 0.241 e. The molecule has 0 spiro atoms. The second-order valence-corrected chi connectivity index (χ2v) is 5.01. The lowest BCUT2D eigenvalue weighted by atomic mass is 10.1. The van der Waals surface area contributed by atoms with Gasteiger partial charge in [0.15, 0.2) is 0 Å². The summed E-state index contributed by atoms with van der Waals surface area (Å²) in [5.41, 5.74) is 7.30. The predicted octanol–water partition coefficient (Wildman–Crippen LogP) is 1.46. The van der Waals surface area contributed by atoms with Crippen LogP contribution in [-0.4, -0.2) is 29.9 Å². The van der Waals surface area contributed by atoms with Crippen molar-refractivity contribution in [1.82, 2.24) is 15.8 Å². The topological polar surface area (TPSA) is 44.4 Å². The van der Waals surface area contributed by atoms with Crippen LogP contribution in [0, 0.1) is 0 Å². The number of carbonyl (C=O) groups excluding carboxylic acids is 1. The average Bonchev–Trinajstić information content (AvgIpc) is 2.84. The van der Waals surface area contributed by atoms with Crippen molar-refractivity contribution < 1.29 is 4.79 Å². The van der Waals surface area contributed by atoms with Gasteiger partial charge >= 0.3 is 0 Å². The van der Waals surface area contributed by atoms with Gasteiger partial charge in [0.05, 0.1) is 6.04 Å². The molecular weight excluding hydrogens is 226 g/mol. The second kappa shape index (κ2) is 5.50. The first-order valence-electron chi connectivity index (χ1n) is 6.42. The molecule has 1 aromatic rings. The lowest BCUT2D eigenvalue weighted by Gasteiger charge is -2.27. The number of hydrazine groups is 1. The molecule has 1 fully saturated rings. The van der Waals surface area contributed by atoms with E-state index < -0.39 is 0 Å². The number of rotatable bonds is 3. The van der Waals surface area contributed by atoms with Crippen LogP contribution in [0.1, 0.15) is 31.9 Å². The number of benzene rings is 1. The average molecular weight is 247 g/mol. The van der Waals surface area contributed by atoms with E-state index >= 15 is 0 Å². The SMILES string of the molecule is CC1CC(C(=O)N(C)C(C)c2ccccc2)NN1. The first-order chi connectivity index (χ1) is 8.59. The molecule has 1 aromatic carbocycles. The number of nitrogens with zero attached hydrogens (tertiary/aromatic N) is 1. The van der Waals surface area contributed by atoms with E-state index in [4.69, 9.17) is 0 Å². The van der Waals surface area contributed by atoms with Gasteiger partial charge in [0.25, 0.3) is 0 Å². The molecule has 18 heavy (non-hydrogen) atoms. The molecule has 1 heterocycles. The molecule has 1 saturated heterocycles. The molecule has 0 bridgehead atoms. The Labute approximate surface area is 108 Å². The van der Waals surface area contributed by atoms with Crippen LogP contribution in [0.15, 0.2) is 30.3 Å². The maximum Gasteiger partial charge on any atom is 0.241 e. The van der Waals surface area contributed by atoms with Gasteiger partial charge in [-0.05, 0) is 25.8 Å². The highest BCUT2D eigenvalue weighted by molar-refractivity contribution is 5.82. The van der Waals surface area contributed by atoms with E-state index in [0.29, 0.717) is 6.04 Å². The van der Waals surface area contributed by atoms with E-state index in [1.807, 2.05) is 30.1 Å². The van der Waals surface area contributed by atoms with Crippen LogP contribution in [0.4, 0.5) is 0 Å². The molecule has 0 radical (unpaired) electrons. The quantitative estimate of drug-likeness (QED) is 0.850. The molecule has 0 aliphatic carbocycles. The van der Waals surface area contributed by atoms with Gasteiger partial charge in [-0.3, -0.25) is 10.2 Å². The minimum atomic E-state index is -0.115. The van der Waals surface area contributed by atoms with Crippen LogP contribution in [0.3, 0.4) is 0 Å². The zero-order valence-electron chi connectivity index (χ0n) is 11.2. The second-order valence-electron chi connectivity index (χ2n) is 5.01. The van der Waals surface area contributed by atoms with Crippen LogP contribution in [0.25, 0.3) is 0 Å². The van der Waals surface area contributed by atoms with Crippen molar-refractivity contribution in [3.05, 3.63) is 35.9 Å². The van der Waals surface area contributed by atoms with Crippen molar-refractivity contribution in [3.63, 3.8) is 0 Å². The molecular formula is C14H21N3O. The minimum Gasteiger partial charge on any atom is -0.338 e. The lowest BCUT2D eigenvalue weighted by molar-refractivity contribution is -0.133. The molecule has 3 atom stereocenters. The van der Waals surface area contributed by atoms with Crippen molar-refractivity contribution in [2.24, 2.45) is 0 Å². The number of carbonyl (C=O) groups is 1. The molecule has 4 heteroatoms. The summed E-state index contributed by atoms with van der Waals surface area (Å²) in [7, 11) is 1.87. The molecule has 1 aliphatic rings. The normalized spacial score (nSPS) is 24.8. The summed E-state index contributed by atoms with van der Waals surface area (Å²) < 4.78 is 0. The Morgan fingerprint density at radius 1 is 1.33 bits per heavy atom. The molecule has 3 unspecified atom stereocenters. The van der Waals surface area contributed by atoms with E-state index in [-0.39, 0.29) is 18.0 Å². The van der Waals surface area contributed by atoms with Crippen LogP contribution >= 0.6 is 0 Å². The van der Waals surface area contributed by atoms with Crippen molar-refractivity contribution in [1.29, 1.82) is 0 Å². The van der Waals surface area contributed by atoms with Gasteiger partial charge < -0.3 is 4.90 Å². The van der Waals surface area contributed by atoms with Crippen LogP contribution in [0.5, 0.6) is 0 Å². The van der Waals surface area contributed by atoms with E-state index in [1.165, 1.54) is 0 Å². The van der Waals surface area contributed by atoms with Gasteiger partial charge in [0, 0.05) is 13.1 Å². The first kappa shape index (κ1) is 13.1. The Morgan fingerprint density at radius 2 is 2.00 bits per heavy atom. The van der Waals surface area contributed by atoms with E-state index in [2.05, 4.69) is 36.8 Å². The van der Waals surface area contributed by atoms with Gasteiger partial charge in [-0.25, -0.2) is 5.43 Å². The standard InChI is InChI=1S/C14H21N3O/c1-10-9-13(16-15-10)14(18)17(3)11(2)12-7-5-4-6-8-12/h4-8,10-11,13,15-16H,9H2,1-3H3. The zero-order chi connectivity index (χ0) is 13.1. The summed E-state index contributed by atoms with van der Waals surface area (Å²) in [5.74, 6) is 0.142. The monoisotopic (exact) mass is 247 g/mol. The summed E-state index contributed by atoms with van der Waals surface area (Å²) in [5, 5.41) is 0. The summed E-state index contributed by atoms with van der Waals surface area (Å²) in [6, 6.07) is 10.4. The Hall–Kier alpha value is -1.39. The molecule has 1 aliphatic heterocycles. The maximum atomic E-state index is 12.3. The van der Waals surface area contributed by atoms with Crippen LogP contribution in [-0.2, 0) is 4.79 Å². The fourth-order valence-electron chi connectivity index (χ4n) is 2.27. The summed E-state index contributed by atoms with van der Waals surface area (Å²) >= 11 is 0. The fraction of sp³-hybridized carbons (Fsp3) is 0.500. The van der Waals surface area contributed by atoms with Gasteiger partial charge in [-0.1, -0.05) is 30.3 Å². The van der Waals surface area contributed by atoms with E-state index in [0.717, 1.165) is 12.0 Å². The largest absolute Gasteiger partial charge is 0.338 e.